The van der Waals surface area contributed by atoms with Gasteiger partial charge in [0.25, 0.3) is 0 Å². The summed E-state index contributed by atoms with van der Waals surface area (Å²) in [6.45, 7) is 0. The fraction of sp³-hybridized carbons (Fsp3) is 0.320. The molecule has 1 saturated carbocycles. The van der Waals surface area contributed by atoms with Crippen molar-refractivity contribution in [3.05, 3.63) is 71.8 Å². The van der Waals surface area contributed by atoms with Crippen molar-refractivity contribution in [2.24, 2.45) is 5.92 Å². The number of rotatable bonds is 5. The summed E-state index contributed by atoms with van der Waals surface area (Å²) in [6.07, 6.45) is 5.27. The van der Waals surface area contributed by atoms with E-state index in [4.69, 9.17) is 4.74 Å². The van der Waals surface area contributed by atoms with Crippen molar-refractivity contribution in [3.63, 3.8) is 0 Å². The highest BCUT2D eigenvalue weighted by atomic mass is 16.5. The topological polar surface area (TPSA) is 58.6 Å². The van der Waals surface area contributed by atoms with Crippen LogP contribution in [0.25, 0.3) is 10.8 Å². The number of hydrogen-bond donors (Lipinski definition) is 2. The normalized spacial score (nSPS) is 15.8. The Kier molecular flexibility index (Phi) is 5.70. The molecule has 150 valence electrons. The summed E-state index contributed by atoms with van der Waals surface area (Å²) in [4.78, 5) is 13.1. The summed E-state index contributed by atoms with van der Waals surface area (Å²) in [7, 11) is 1.63. The van der Waals surface area contributed by atoms with E-state index in [-0.39, 0.29) is 17.6 Å². The van der Waals surface area contributed by atoms with Crippen LogP contribution in [0.15, 0.2) is 60.7 Å². The molecule has 3 aromatic carbocycles. The average molecular weight is 389 g/mol. The SMILES string of the molecule is COc1ccc([C@@H](NC(=O)C2CCCCC2)c2c(O)ccc3ccccc23)cc1. The second kappa shape index (κ2) is 8.56. The zero-order valence-electron chi connectivity index (χ0n) is 16.7. The maximum atomic E-state index is 13.1. The molecule has 0 radical (unpaired) electrons. The smallest absolute Gasteiger partial charge is 0.223 e. The monoisotopic (exact) mass is 389 g/mol. The second-order valence-corrected chi connectivity index (χ2v) is 7.77. The lowest BCUT2D eigenvalue weighted by atomic mass is 9.87. The number of carbonyl (C=O) groups excluding carboxylic acids is 1. The van der Waals surface area contributed by atoms with E-state index >= 15 is 0 Å². The van der Waals surface area contributed by atoms with Crippen LogP contribution in [-0.4, -0.2) is 18.1 Å². The van der Waals surface area contributed by atoms with Crippen molar-refractivity contribution >= 4 is 16.7 Å². The van der Waals surface area contributed by atoms with E-state index in [2.05, 4.69) is 5.32 Å². The molecule has 2 N–H and O–H groups in total. The van der Waals surface area contributed by atoms with Crippen LogP contribution in [-0.2, 0) is 4.79 Å². The van der Waals surface area contributed by atoms with Gasteiger partial charge in [0, 0.05) is 11.5 Å². The minimum absolute atomic E-state index is 0.0432. The predicted octanol–water partition coefficient (Wildman–Crippen LogP) is 5.34. The molecule has 1 fully saturated rings. The minimum Gasteiger partial charge on any atom is -0.508 e. The quantitative estimate of drug-likeness (QED) is 0.619. The Balaban J connectivity index is 1.77. The Hall–Kier alpha value is -3.01. The standard InChI is InChI=1S/C25H27NO3/c1-29-20-14-11-18(12-15-20)24(26-25(28)19-8-3-2-4-9-19)23-21-10-6-5-7-17(21)13-16-22(23)27/h5-7,10-16,19,24,27H,2-4,8-9H2,1H3,(H,26,28)/t24-/m1/s1. The van der Waals surface area contributed by atoms with Crippen molar-refractivity contribution in [1.82, 2.24) is 5.32 Å². The molecule has 0 aromatic heterocycles. The summed E-state index contributed by atoms with van der Waals surface area (Å²) in [5.74, 6) is 1.06. The molecule has 1 aliphatic carbocycles. The van der Waals surface area contributed by atoms with Gasteiger partial charge in [-0.05, 0) is 47.4 Å². The van der Waals surface area contributed by atoms with Gasteiger partial charge in [-0.3, -0.25) is 4.79 Å². The lowest BCUT2D eigenvalue weighted by molar-refractivity contribution is -0.126. The number of phenols is 1. The number of fused-ring (bicyclic) bond motifs is 1. The fourth-order valence-corrected chi connectivity index (χ4v) is 4.33. The first kappa shape index (κ1) is 19.3. The number of nitrogens with one attached hydrogen (secondary N) is 1. The first-order valence-electron chi connectivity index (χ1n) is 10.3. The summed E-state index contributed by atoms with van der Waals surface area (Å²) in [5.41, 5.74) is 1.65. The molecule has 0 bridgehead atoms. The van der Waals surface area contributed by atoms with Crippen molar-refractivity contribution in [2.75, 3.05) is 7.11 Å². The van der Waals surface area contributed by atoms with E-state index in [0.717, 1.165) is 53.3 Å². The first-order chi connectivity index (χ1) is 14.2. The van der Waals surface area contributed by atoms with E-state index in [1.807, 2.05) is 54.6 Å². The lowest BCUT2D eigenvalue weighted by Crippen LogP contribution is -2.35. The number of benzene rings is 3. The van der Waals surface area contributed by atoms with E-state index < -0.39 is 6.04 Å². The maximum absolute atomic E-state index is 13.1. The van der Waals surface area contributed by atoms with Crippen LogP contribution in [0.5, 0.6) is 11.5 Å². The Morgan fingerprint density at radius 2 is 1.72 bits per heavy atom. The van der Waals surface area contributed by atoms with E-state index in [9.17, 15) is 9.90 Å². The highest BCUT2D eigenvalue weighted by Gasteiger charge is 2.27. The number of amides is 1. The van der Waals surface area contributed by atoms with Gasteiger partial charge in [0.2, 0.25) is 5.91 Å². The van der Waals surface area contributed by atoms with Crippen molar-refractivity contribution in [3.8, 4) is 11.5 Å². The molecule has 0 unspecified atom stereocenters. The van der Waals surface area contributed by atoms with Crippen LogP contribution in [0, 0.1) is 5.92 Å². The van der Waals surface area contributed by atoms with Gasteiger partial charge in [0.05, 0.1) is 13.2 Å². The third-order valence-corrected chi connectivity index (χ3v) is 5.95. The summed E-state index contributed by atoms with van der Waals surface area (Å²) in [5, 5.41) is 16.0. The van der Waals surface area contributed by atoms with Gasteiger partial charge in [0.1, 0.15) is 11.5 Å². The number of aromatic hydroxyl groups is 1. The fourth-order valence-electron chi connectivity index (χ4n) is 4.33. The average Bonchev–Trinajstić information content (AvgIpc) is 2.78. The van der Waals surface area contributed by atoms with Gasteiger partial charge >= 0.3 is 0 Å². The molecular weight excluding hydrogens is 362 g/mol. The molecule has 4 nitrogen and oxygen atoms in total. The maximum Gasteiger partial charge on any atom is 0.223 e. The Bertz CT molecular complexity index is 991. The Morgan fingerprint density at radius 3 is 2.45 bits per heavy atom. The lowest BCUT2D eigenvalue weighted by Gasteiger charge is -2.27. The van der Waals surface area contributed by atoms with Gasteiger partial charge in [0.15, 0.2) is 0 Å². The van der Waals surface area contributed by atoms with Crippen LogP contribution >= 0.6 is 0 Å². The van der Waals surface area contributed by atoms with Gasteiger partial charge in [-0.25, -0.2) is 0 Å². The summed E-state index contributed by atoms with van der Waals surface area (Å²) >= 11 is 0. The van der Waals surface area contributed by atoms with Crippen molar-refractivity contribution in [2.45, 2.75) is 38.1 Å². The molecule has 4 heteroatoms. The van der Waals surface area contributed by atoms with Gasteiger partial charge in [-0.15, -0.1) is 0 Å². The third kappa shape index (κ3) is 4.07. The van der Waals surface area contributed by atoms with Crippen LogP contribution in [0.2, 0.25) is 0 Å². The van der Waals surface area contributed by atoms with Crippen LogP contribution in [0.4, 0.5) is 0 Å². The molecule has 4 rings (SSSR count). The van der Waals surface area contributed by atoms with Gasteiger partial charge in [-0.1, -0.05) is 61.7 Å². The van der Waals surface area contributed by atoms with Crippen molar-refractivity contribution in [1.29, 1.82) is 0 Å². The minimum atomic E-state index is -0.429. The van der Waals surface area contributed by atoms with E-state index in [0.29, 0.717) is 0 Å². The van der Waals surface area contributed by atoms with Crippen LogP contribution in [0.1, 0.15) is 49.3 Å². The molecular formula is C25H27NO3. The Morgan fingerprint density at radius 1 is 1.00 bits per heavy atom. The molecule has 1 atom stereocenters. The molecule has 1 amide bonds. The molecule has 1 aliphatic rings. The molecule has 0 saturated heterocycles. The zero-order valence-corrected chi connectivity index (χ0v) is 16.7. The molecule has 0 spiro atoms. The number of hydrogen-bond acceptors (Lipinski definition) is 3. The Labute approximate surface area is 171 Å². The highest BCUT2D eigenvalue weighted by Crippen LogP contribution is 2.37. The molecule has 29 heavy (non-hydrogen) atoms. The van der Waals surface area contributed by atoms with Gasteiger partial charge in [-0.2, -0.15) is 0 Å². The van der Waals surface area contributed by atoms with Crippen LogP contribution in [0.3, 0.4) is 0 Å². The highest BCUT2D eigenvalue weighted by molar-refractivity contribution is 5.89. The first-order valence-corrected chi connectivity index (χ1v) is 10.3. The van der Waals surface area contributed by atoms with E-state index in [1.54, 1.807) is 13.2 Å². The molecule has 0 heterocycles. The number of carbonyl (C=O) groups is 1. The summed E-state index contributed by atoms with van der Waals surface area (Å²) in [6, 6.07) is 18.8. The number of methoxy groups -OCH3 is 1. The van der Waals surface area contributed by atoms with Gasteiger partial charge < -0.3 is 15.2 Å². The zero-order chi connectivity index (χ0) is 20.2. The third-order valence-electron chi connectivity index (χ3n) is 5.95. The van der Waals surface area contributed by atoms with Crippen molar-refractivity contribution < 1.29 is 14.6 Å². The summed E-state index contributed by atoms with van der Waals surface area (Å²) < 4.78 is 5.29. The number of phenolic OH excluding ortho intramolecular Hbond substituents is 1. The predicted molar refractivity (Wildman–Crippen MR) is 115 cm³/mol. The second-order valence-electron chi connectivity index (χ2n) is 7.77. The number of ether oxygens (including phenoxy) is 1. The largest absolute Gasteiger partial charge is 0.508 e. The molecule has 3 aromatic rings. The van der Waals surface area contributed by atoms with E-state index in [1.165, 1.54) is 6.42 Å². The molecule has 0 aliphatic heterocycles. The van der Waals surface area contributed by atoms with Crippen LogP contribution < -0.4 is 10.1 Å².